The summed E-state index contributed by atoms with van der Waals surface area (Å²) in [6.45, 7) is 0. The Hall–Kier alpha value is -3.32. The molecule has 0 unspecified atom stereocenters. The molecule has 7 rings (SSSR count). The average Bonchev–Trinajstić information content (AvgIpc) is 3.38. The van der Waals surface area contributed by atoms with Gasteiger partial charge in [0, 0.05) is 28.9 Å². The number of benzene rings is 4. The summed E-state index contributed by atoms with van der Waals surface area (Å²) < 4.78 is 2.34. The molecule has 132 valence electrons. The minimum atomic E-state index is 1.04. The van der Waals surface area contributed by atoms with Crippen LogP contribution < -0.4 is 0 Å². The van der Waals surface area contributed by atoms with Crippen molar-refractivity contribution in [1.82, 2.24) is 4.57 Å². The zero-order chi connectivity index (χ0) is 18.4. The number of nitrogens with zero attached hydrogens (tertiary/aromatic N) is 1. The predicted octanol–water partition coefficient (Wildman–Crippen LogP) is 6.47. The van der Waals surface area contributed by atoms with Crippen molar-refractivity contribution in [3.8, 4) is 22.3 Å². The lowest BCUT2D eigenvalue weighted by Gasteiger charge is -2.08. The fourth-order valence-corrected chi connectivity index (χ4v) is 5.67. The van der Waals surface area contributed by atoms with E-state index in [4.69, 9.17) is 0 Å². The maximum atomic E-state index is 2.36. The van der Waals surface area contributed by atoms with Gasteiger partial charge in [-0.3, -0.25) is 0 Å². The van der Waals surface area contributed by atoms with Crippen LogP contribution in [-0.2, 0) is 19.9 Å². The Balaban J connectivity index is 1.57. The average molecular weight is 357 g/mol. The van der Waals surface area contributed by atoms with Crippen molar-refractivity contribution in [2.75, 3.05) is 0 Å². The Morgan fingerprint density at radius 1 is 0.607 bits per heavy atom. The van der Waals surface area contributed by atoms with Gasteiger partial charge in [-0.2, -0.15) is 0 Å². The number of fused-ring (bicyclic) bond motifs is 11. The first-order valence-corrected chi connectivity index (χ1v) is 10.0. The van der Waals surface area contributed by atoms with Crippen molar-refractivity contribution >= 4 is 21.8 Å². The van der Waals surface area contributed by atoms with Crippen LogP contribution in [0.2, 0.25) is 0 Å². The van der Waals surface area contributed by atoms with Crippen molar-refractivity contribution in [2.45, 2.75) is 12.8 Å². The molecule has 0 spiro atoms. The second-order valence-corrected chi connectivity index (χ2v) is 8.20. The van der Waals surface area contributed by atoms with Gasteiger partial charge in [0.1, 0.15) is 0 Å². The minimum absolute atomic E-state index is 1.04. The maximum Gasteiger partial charge on any atom is 0.0492 e. The third-order valence-electron chi connectivity index (χ3n) is 6.90. The number of hydrogen-bond donors (Lipinski definition) is 0. The van der Waals surface area contributed by atoms with E-state index >= 15 is 0 Å². The van der Waals surface area contributed by atoms with Gasteiger partial charge >= 0.3 is 0 Å². The van der Waals surface area contributed by atoms with E-state index in [1.54, 1.807) is 0 Å². The van der Waals surface area contributed by atoms with E-state index < -0.39 is 0 Å². The van der Waals surface area contributed by atoms with Gasteiger partial charge in [-0.15, -0.1) is 0 Å². The van der Waals surface area contributed by atoms with Crippen molar-refractivity contribution in [1.29, 1.82) is 0 Å². The van der Waals surface area contributed by atoms with Crippen LogP contribution in [0.25, 0.3) is 44.1 Å². The van der Waals surface area contributed by atoms with Crippen LogP contribution in [0, 0.1) is 0 Å². The van der Waals surface area contributed by atoms with Crippen LogP contribution in [0.15, 0.2) is 72.8 Å². The molecule has 28 heavy (non-hydrogen) atoms. The first kappa shape index (κ1) is 14.7. The molecule has 4 aromatic carbocycles. The molecular weight excluding hydrogens is 338 g/mol. The summed E-state index contributed by atoms with van der Waals surface area (Å²) in [6.07, 6.45) is 2.10. The number of aryl methyl sites for hydroxylation is 1. The van der Waals surface area contributed by atoms with E-state index in [1.807, 2.05) is 0 Å². The van der Waals surface area contributed by atoms with Crippen molar-refractivity contribution in [2.24, 2.45) is 7.05 Å². The highest BCUT2D eigenvalue weighted by molar-refractivity contribution is 6.13. The van der Waals surface area contributed by atoms with Crippen LogP contribution in [0.5, 0.6) is 0 Å². The van der Waals surface area contributed by atoms with Crippen LogP contribution in [0.4, 0.5) is 0 Å². The zero-order valence-corrected chi connectivity index (χ0v) is 15.8. The number of para-hydroxylation sites is 1. The summed E-state index contributed by atoms with van der Waals surface area (Å²) in [6, 6.07) is 27.1. The third-order valence-corrected chi connectivity index (χ3v) is 6.90. The summed E-state index contributed by atoms with van der Waals surface area (Å²) in [4.78, 5) is 0. The monoisotopic (exact) mass is 357 g/mol. The summed E-state index contributed by atoms with van der Waals surface area (Å²) in [5, 5.41) is 2.81. The van der Waals surface area contributed by atoms with E-state index in [1.165, 1.54) is 66.3 Å². The molecule has 0 saturated heterocycles. The highest BCUT2D eigenvalue weighted by Crippen LogP contribution is 2.49. The fraction of sp³-hybridized carbons (Fsp3) is 0.111. The second-order valence-electron chi connectivity index (χ2n) is 8.20. The van der Waals surface area contributed by atoms with E-state index in [9.17, 15) is 0 Å². The van der Waals surface area contributed by atoms with Crippen LogP contribution in [0.1, 0.15) is 22.3 Å². The molecular formula is C27H19N. The van der Waals surface area contributed by atoms with Crippen LogP contribution in [0.3, 0.4) is 0 Å². The largest absolute Gasteiger partial charge is 0.344 e. The molecule has 0 atom stereocenters. The highest BCUT2D eigenvalue weighted by atomic mass is 14.9. The maximum absolute atomic E-state index is 2.36. The van der Waals surface area contributed by atoms with Gasteiger partial charge in [0.25, 0.3) is 0 Å². The van der Waals surface area contributed by atoms with Gasteiger partial charge in [0.2, 0.25) is 0 Å². The smallest absolute Gasteiger partial charge is 0.0492 e. The van der Waals surface area contributed by atoms with Gasteiger partial charge < -0.3 is 4.57 Å². The summed E-state index contributed by atoms with van der Waals surface area (Å²) in [5.41, 5.74) is 14.4. The van der Waals surface area contributed by atoms with E-state index in [0.717, 1.165) is 12.8 Å². The van der Waals surface area contributed by atoms with E-state index in [2.05, 4.69) is 84.4 Å². The third kappa shape index (κ3) is 1.64. The van der Waals surface area contributed by atoms with Gasteiger partial charge in [-0.25, -0.2) is 0 Å². The molecule has 0 aliphatic heterocycles. The van der Waals surface area contributed by atoms with Gasteiger partial charge in [0.15, 0.2) is 0 Å². The van der Waals surface area contributed by atoms with E-state index in [-0.39, 0.29) is 0 Å². The summed E-state index contributed by atoms with van der Waals surface area (Å²) >= 11 is 0. The van der Waals surface area contributed by atoms with E-state index in [0.29, 0.717) is 0 Å². The topological polar surface area (TPSA) is 4.93 Å². The summed E-state index contributed by atoms with van der Waals surface area (Å²) in [7, 11) is 2.19. The molecule has 0 saturated carbocycles. The molecule has 0 bridgehead atoms. The molecule has 1 nitrogen and oxygen atoms in total. The Kier molecular flexibility index (Phi) is 2.59. The number of rotatable bonds is 0. The molecule has 0 radical (unpaired) electrons. The van der Waals surface area contributed by atoms with Crippen LogP contribution in [-0.4, -0.2) is 4.57 Å². The normalized spacial score (nSPS) is 13.6. The Bertz CT molecular complexity index is 1470. The first-order chi connectivity index (χ1) is 13.8. The molecule has 2 aliphatic carbocycles. The SMILES string of the molecule is Cn1c2ccccc2c2c3c(ccc21)-c1ccc2c(c1C3)-c1ccccc1C2. The quantitative estimate of drug-likeness (QED) is 0.293. The molecule has 1 heteroatoms. The number of aromatic nitrogens is 1. The van der Waals surface area contributed by atoms with Crippen molar-refractivity contribution in [3.05, 3.63) is 95.1 Å². The Morgan fingerprint density at radius 3 is 2.36 bits per heavy atom. The molecule has 1 heterocycles. The molecule has 2 aliphatic rings. The van der Waals surface area contributed by atoms with Gasteiger partial charge in [0.05, 0.1) is 0 Å². The molecule has 1 aromatic heterocycles. The zero-order valence-electron chi connectivity index (χ0n) is 15.8. The lowest BCUT2D eigenvalue weighted by atomic mass is 9.95. The highest BCUT2D eigenvalue weighted by Gasteiger charge is 2.29. The molecule has 0 N–H and O–H groups in total. The van der Waals surface area contributed by atoms with Crippen molar-refractivity contribution < 1.29 is 0 Å². The molecule has 0 fully saturated rings. The first-order valence-electron chi connectivity index (χ1n) is 10.0. The molecule has 0 amide bonds. The number of hydrogen-bond acceptors (Lipinski definition) is 0. The lowest BCUT2D eigenvalue weighted by Crippen LogP contribution is -1.89. The van der Waals surface area contributed by atoms with Gasteiger partial charge in [-0.1, -0.05) is 60.7 Å². The fourth-order valence-electron chi connectivity index (χ4n) is 5.67. The van der Waals surface area contributed by atoms with Gasteiger partial charge in [-0.05, 0) is 69.5 Å². The minimum Gasteiger partial charge on any atom is -0.344 e. The standard InChI is InChI=1S/C27H19N/c1-28-24-9-5-4-8-21(24)27-23-15-22-19(20(23)12-13-25(27)28)11-10-17-14-16-6-2-3-7-18(16)26(17)22/h2-13H,14-15H2,1H3. The lowest BCUT2D eigenvalue weighted by molar-refractivity contribution is 1.01. The van der Waals surface area contributed by atoms with Crippen molar-refractivity contribution in [3.63, 3.8) is 0 Å². The predicted molar refractivity (Wildman–Crippen MR) is 117 cm³/mol. The Labute approximate surface area is 163 Å². The Morgan fingerprint density at radius 2 is 1.39 bits per heavy atom. The second kappa shape index (κ2) is 4.94. The summed E-state index contributed by atoms with van der Waals surface area (Å²) in [5.74, 6) is 0. The van der Waals surface area contributed by atoms with Crippen LogP contribution >= 0.6 is 0 Å². The molecule has 5 aromatic rings.